The minimum atomic E-state index is -1.31. The maximum atomic E-state index is 11.3. The summed E-state index contributed by atoms with van der Waals surface area (Å²) in [7, 11) is 0. The monoisotopic (exact) mass is 304 g/mol. The Morgan fingerprint density at radius 2 is 2.23 bits per heavy atom. The Kier molecular flexibility index (Phi) is 3.41. The molecule has 0 amide bonds. The van der Waals surface area contributed by atoms with Gasteiger partial charge >= 0.3 is 11.6 Å². The third-order valence-corrected chi connectivity index (χ3v) is 3.74. The fourth-order valence-corrected chi connectivity index (χ4v) is 2.50. The molecule has 0 radical (unpaired) electrons. The van der Waals surface area contributed by atoms with Gasteiger partial charge in [0.25, 0.3) is 0 Å². The SMILES string of the molecule is CC(=O)OC[C@](C)(O)[C@@H]1Cc2cc3ccc(=O)oc3cc2O1. The second-order valence-electron chi connectivity index (χ2n) is 5.70. The first-order valence-electron chi connectivity index (χ1n) is 6.94. The number of carbonyl (C=O) groups excluding carboxylic acids is 1. The van der Waals surface area contributed by atoms with Gasteiger partial charge in [-0.05, 0) is 24.6 Å². The fourth-order valence-electron chi connectivity index (χ4n) is 2.50. The number of ether oxygens (including phenoxy) is 2. The van der Waals surface area contributed by atoms with Crippen LogP contribution in [0.2, 0.25) is 0 Å². The first kappa shape index (κ1) is 14.6. The van der Waals surface area contributed by atoms with E-state index in [2.05, 4.69) is 0 Å². The molecular formula is C16H16O6. The first-order chi connectivity index (χ1) is 10.3. The Bertz CT molecular complexity index is 789. The Hall–Kier alpha value is -2.34. The smallest absolute Gasteiger partial charge is 0.336 e. The lowest BCUT2D eigenvalue weighted by atomic mass is 9.95. The summed E-state index contributed by atoms with van der Waals surface area (Å²) in [6.07, 6.45) is -0.0519. The van der Waals surface area contributed by atoms with E-state index < -0.39 is 23.3 Å². The predicted molar refractivity (Wildman–Crippen MR) is 77.9 cm³/mol. The number of fused-ring (bicyclic) bond motifs is 2. The Balaban J connectivity index is 1.87. The van der Waals surface area contributed by atoms with Gasteiger partial charge in [0.2, 0.25) is 0 Å². The van der Waals surface area contributed by atoms with Crippen molar-refractivity contribution < 1.29 is 23.8 Å². The maximum absolute atomic E-state index is 11.3. The van der Waals surface area contributed by atoms with Crippen LogP contribution in [-0.4, -0.2) is 29.4 Å². The number of aliphatic hydroxyl groups is 1. The van der Waals surface area contributed by atoms with Crippen LogP contribution in [0.4, 0.5) is 0 Å². The number of hydrogen-bond acceptors (Lipinski definition) is 6. The number of benzene rings is 1. The normalized spacial score (nSPS) is 19.3. The molecule has 0 fully saturated rings. The van der Waals surface area contributed by atoms with Gasteiger partial charge in [0, 0.05) is 30.9 Å². The van der Waals surface area contributed by atoms with Crippen molar-refractivity contribution in [1.29, 1.82) is 0 Å². The fraction of sp³-hybridized carbons (Fsp3) is 0.375. The van der Waals surface area contributed by atoms with Crippen molar-refractivity contribution in [2.24, 2.45) is 0 Å². The molecular weight excluding hydrogens is 288 g/mol. The van der Waals surface area contributed by atoms with Gasteiger partial charge in [-0.2, -0.15) is 0 Å². The summed E-state index contributed by atoms with van der Waals surface area (Å²) in [5.41, 5.74) is -0.387. The molecule has 1 aromatic carbocycles. The molecule has 1 N–H and O–H groups in total. The van der Waals surface area contributed by atoms with Crippen molar-refractivity contribution in [3.8, 4) is 5.75 Å². The second-order valence-corrected chi connectivity index (χ2v) is 5.70. The zero-order valence-corrected chi connectivity index (χ0v) is 12.3. The molecule has 6 heteroatoms. The molecule has 0 unspecified atom stereocenters. The van der Waals surface area contributed by atoms with Crippen molar-refractivity contribution in [3.05, 3.63) is 40.2 Å². The molecule has 0 saturated heterocycles. The molecule has 2 heterocycles. The summed E-state index contributed by atoms with van der Waals surface area (Å²) in [6, 6.07) is 6.56. The van der Waals surface area contributed by atoms with E-state index in [1.54, 1.807) is 19.1 Å². The Morgan fingerprint density at radius 1 is 1.45 bits per heavy atom. The zero-order valence-electron chi connectivity index (χ0n) is 12.3. The van der Waals surface area contributed by atoms with Crippen molar-refractivity contribution >= 4 is 16.9 Å². The van der Waals surface area contributed by atoms with Gasteiger partial charge in [0.1, 0.15) is 29.6 Å². The molecule has 0 aliphatic carbocycles. The van der Waals surface area contributed by atoms with E-state index >= 15 is 0 Å². The van der Waals surface area contributed by atoms with Gasteiger partial charge in [-0.3, -0.25) is 4.79 Å². The summed E-state index contributed by atoms with van der Waals surface area (Å²) >= 11 is 0. The number of hydrogen-bond donors (Lipinski definition) is 1. The van der Waals surface area contributed by atoms with E-state index in [4.69, 9.17) is 13.9 Å². The average Bonchev–Trinajstić information content (AvgIpc) is 2.86. The van der Waals surface area contributed by atoms with Crippen LogP contribution >= 0.6 is 0 Å². The molecule has 1 aliphatic rings. The predicted octanol–water partition coefficient (Wildman–Crippen LogP) is 1.41. The minimum absolute atomic E-state index is 0.143. The standard InChI is InChI=1S/C16H16O6/c1-9(17)20-8-16(2,19)14-6-11-5-10-3-4-15(18)22-12(10)7-13(11)21-14/h3-5,7,14,19H,6,8H2,1-2H3/t14-,16-/m0/s1. The summed E-state index contributed by atoms with van der Waals surface area (Å²) in [5, 5.41) is 11.2. The van der Waals surface area contributed by atoms with E-state index in [0.717, 1.165) is 10.9 Å². The highest BCUT2D eigenvalue weighted by Crippen LogP contribution is 2.36. The molecule has 1 aromatic heterocycles. The van der Waals surface area contributed by atoms with Gasteiger partial charge in [-0.1, -0.05) is 0 Å². The number of esters is 1. The van der Waals surface area contributed by atoms with E-state index in [0.29, 0.717) is 17.8 Å². The van der Waals surface area contributed by atoms with Crippen molar-refractivity contribution in [1.82, 2.24) is 0 Å². The number of carbonyl (C=O) groups is 1. The van der Waals surface area contributed by atoms with E-state index in [1.807, 2.05) is 6.07 Å². The molecule has 6 nitrogen and oxygen atoms in total. The summed E-state index contributed by atoms with van der Waals surface area (Å²) < 4.78 is 15.8. The first-order valence-corrected chi connectivity index (χ1v) is 6.94. The van der Waals surface area contributed by atoms with Gasteiger partial charge < -0.3 is 19.0 Å². The highest BCUT2D eigenvalue weighted by atomic mass is 16.6. The van der Waals surface area contributed by atoms with E-state index in [-0.39, 0.29) is 6.61 Å². The molecule has 3 rings (SSSR count). The van der Waals surface area contributed by atoms with Crippen LogP contribution < -0.4 is 10.4 Å². The molecule has 116 valence electrons. The van der Waals surface area contributed by atoms with Crippen molar-refractivity contribution in [2.45, 2.75) is 32.0 Å². The Labute approximate surface area is 126 Å². The van der Waals surface area contributed by atoms with Crippen molar-refractivity contribution in [2.75, 3.05) is 6.61 Å². The van der Waals surface area contributed by atoms with Gasteiger partial charge in [0.05, 0.1) is 0 Å². The zero-order chi connectivity index (χ0) is 15.9. The van der Waals surface area contributed by atoms with Crippen molar-refractivity contribution in [3.63, 3.8) is 0 Å². The number of rotatable bonds is 3. The summed E-state index contributed by atoms with van der Waals surface area (Å²) in [5.74, 6) is 0.109. The Morgan fingerprint density at radius 3 is 2.95 bits per heavy atom. The lowest BCUT2D eigenvalue weighted by molar-refractivity contribution is -0.153. The third-order valence-electron chi connectivity index (χ3n) is 3.74. The minimum Gasteiger partial charge on any atom is -0.487 e. The molecule has 2 aromatic rings. The van der Waals surface area contributed by atoms with Crippen LogP contribution in [0, 0.1) is 0 Å². The lowest BCUT2D eigenvalue weighted by Crippen LogP contribution is -2.46. The topological polar surface area (TPSA) is 86.0 Å². The van der Waals surface area contributed by atoms with Crippen LogP contribution in [0.3, 0.4) is 0 Å². The molecule has 0 bridgehead atoms. The highest BCUT2D eigenvalue weighted by Gasteiger charge is 2.39. The van der Waals surface area contributed by atoms with Crippen LogP contribution in [0.1, 0.15) is 19.4 Å². The van der Waals surface area contributed by atoms with Crippen LogP contribution in [0.15, 0.2) is 33.5 Å². The van der Waals surface area contributed by atoms with Gasteiger partial charge in [0.15, 0.2) is 0 Å². The van der Waals surface area contributed by atoms with E-state index in [1.165, 1.54) is 13.0 Å². The van der Waals surface area contributed by atoms with Crippen LogP contribution in [0.5, 0.6) is 5.75 Å². The molecule has 22 heavy (non-hydrogen) atoms. The third kappa shape index (κ3) is 2.69. The highest BCUT2D eigenvalue weighted by molar-refractivity contribution is 5.79. The molecule has 1 aliphatic heterocycles. The van der Waals surface area contributed by atoms with Gasteiger partial charge in [-0.25, -0.2) is 4.79 Å². The quantitative estimate of drug-likeness (QED) is 0.681. The van der Waals surface area contributed by atoms with E-state index in [9.17, 15) is 14.7 Å². The average molecular weight is 304 g/mol. The van der Waals surface area contributed by atoms with Crippen LogP contribution in [0.25, 0.3) is 11.0 Å². The van der Waals surface area contributed by atoms with Gasteiger partial charge in [-0.15, -0.1) is 0 Å². The molecule has 2 atom stereocenters. The second kappa shape index (κ2) is 5.14. The van der Waals surface area contributed by atoms with Crippen LogP contribution in [-0.2, 0) is 16.0 Å². The molecule has 0 spiro atoms. The maximum Gasteiger partial charge on any atom is 0.336 e. The lowest BCUT2D eigenvalue weighted by Gasteiger charge is -2.28. The summed E-state index contributed by atoms with van der Waals surface area (Å²) in [4.78, 5) is 22.2. The summed E-state index contributed by atoms with van der Waals surface area (Å²) in [6.45, 7) is 2.71. The molecule has 0 saturated carbocycles. The largest absolute Gasteiger partial charge is 0.487 e.